The van der Waals surface area contributed by atoms with Crippen molar-refractivity contribution in [3.63, 3.8) is 0 Å². The van der Waals surface area contributed by atoms with E-state index in [0.29, 0.717) is 19.3 Å². The second-order valence-electron chi connectivity index (χ2n) is 21.7. The topological polar surface area (TPSA) is 78.9 Å². The summed E-state index contributed by atoms with van der Waals surface area (Å²) in [5.74, 6) is -0.863. The number of hydrogen-bond donors (Lipinski definition) is 0. The van der Waals surface area contributed by atoms with Gasteiger partial charge in [-0.25, -0.2) is 0 Å². The number of carbonyl (C=O) groups is 3. The molecule has 422 valence electrons. The highest BCUT2D eigenvalue weighted by Gasteiger charge is 2.19. The summed E-state index contributed by atoms with van der Waals surface area (Å²) in [6.07, 6.45) is 74.4. The molecule has 0 fully saturated rings. The van der Waals surface area contributed by atoms with Crippen molar-refractivity contribution in [3.8, 4) is 0 Å². The molecule has 0 bridgehead atoms. The molecular weight excluding hydrogens is 889 g/mol. The van der Waals surface area contributed by atoms with Crippen LogP contribution in [-0.2, 0) is 28.6 Å². The Morgan fingerprint density at radius 3 is 0.806 bits per heavy atom. The van der Waals surface area contributed by atoms with Crippen LogP contribution in [0.4, 0.5) is 0 Å². The Kier molecular flexibility index (Phi) is 59.2. The van der Waals surface area contributed by atoms with Gasteiger partial charge in [0.1, 0.15) is 13.2 Å². The molecular formula is C66H122O6. The van der Waals surface area contributed by atoms with Crippen molar-refractivity contribution >= 4 is 17.9 Å². The van der Waals surface area contributed by atoms with E-state index in [9.17, 15) is 14.4 Å². The van der Waals surface area contributed by atoms with Crippen LogP contribution < -0.4 is 0 Å². The van der Waals surface area contributed by atoms with Gasteiger partial charge in [-0.15, -0.1) is 0 Å². The van der Waals surface area contributed by atoms with Gasteiger partial charge in [-0.05, 0) is 77.0 Å². The molecule has 0 rings (SSSR count). The van der Waals surface area contributed by atoms with E-state index in [4.69, 9.17) is 14.2 Å². The van der Waals surface area contributed by atoms with Crippen LogP contribution in [0.2, 0.25) is 0 Å². The second-order valence-corrected chi connectivity index (χ2v) is 21.7. The Hall–Kier alpha value is -2.37. The van der Waals surface area contributed by atoms with Crippen molar-refractivity contribution in [2.45, 2.75) is 354 Å². The van der Waals surface area contributed by atoms with Crippen molar-refractivity contribution in [1.29, 1.82) is 0 Å². The Balaban J connectivity index is 4.27. The van der Waals surface area contributed by atoms with Crippen LogP contribution in [0.15, 0.2) is 36.5 Å². The molecule has 6 heteroatoms. The van der Waals surface area contributed by atoms with Crippen molar-refractivity contribution in [2.75, 3.05) is 13.2 Å². The largest absolute Gasteiger partial charge is 0.462 e. The van der Waals surface area contributed by atoms with Gasteiger partial charge in [-0.2, -0.15) is 0 Å². The van der Waals surface area contributed by atoms with E-state index in [0.717, 1.165) is 70.6 Å². The SMILES string of the molecule is CCCCC/C=C\CCCCCCCC(=O)OCC(COC(=O)CCCCCCCCCCC/C=C\C/C=C\CCCCCCC)OC(=O)CCCCCCCCCCCCCCCCCCCCCCC. The summed E-state index contributed by atoms with van der Waals surface area (Å²) in [6.45, 7) is 6.65. The summed E-state index contributed by atoms with van der Waals surface area (Å²) >= 11 is 0. The van der Waals surface area contributed by atoms with Crippen LogP contribution in [-0.4, -0.2) is 37.2 Å². The third-order valence-corrected chi connectivity index (χ3v) is 14.4. The predicted molar refractivity (Wildman–Crippen MR) is 312 cm³/mol. The fourth-order valence-corrected chi connectivity index (χ4v) is 9.53. The monoisotopic (exact) mass is 1010 g/mol. The molecule has 0 radical (unpaired) electrons. The van der Waals surface area contributed by atoms with Crippen LogP contribution in [0.3, 0.4) is 0 Å². The van der Waals surface area contributed by atoms with Crippen molar-refractivity contribution < 1.29 is 28.6 Å². The van der Waals surface area contributed by atoms with E-state index < -0.39 is 6.10 Å². The van der Waals surface area contributed by atoms with Crippen molar-refractivity contribution in [3.05, 3.63) is 36.5 Å². The lowest BCUT2D eigenvalue weighted by Crippen LogP contribution is -2.30. The Bertz CT molecular complexity index is 1210. The van der Waals surface area contributed by atoms with E-state index in [1.807, 2.05) is 0 Å². The summed E-state index contributed by atoms with van der Waals surface area (Å²) in [6, 6.07) is 0. The molecule has 1 atom stereocenters. The summed E-state index contributed by atoms with van der Waals surface area (Å²) in [5.41, 5.74) is 0. The van der Waals surface area contributed by atoms with Gasteiger partial charge in [0.15, 0.2) is 6.10 Å². The molecule has 0 aliphatic rings. The van der Waals surface area contributed by atoms with Gasteiger partial charge in [-0.3, -0.25) is 14.4 Å². The zero-order chi connectivity index (χ0) is 52.2. The van der Waals surface area contributed by atoms with Crippen LogP contribution in [0.1, 0.15) is 348 Å². The molecule has 0 N–H and O–H groups in total. The van der Waals surface area contributed by atoms with E-state index in [1.54, 1.807) is 0 Å². The Labute approximate surface area is 448 Å². The average molecular weight is 1010 g/mol. The molecule has 0 saturated carbocycles. The molecule has 72 heavy (non-hydrogen) atoms. The minimum absolute atomic E-state index is 0.0731. The van der Waals surface area contributed by atoms with Gasteiger partial charge in [-0.1, -0.05) is 288 Å². The molecule has 0 amide bonds. The highest BCUT2D eigenvalue weighted by molar-refractivity contribution is 5.71. The molecule has 0 saturated heterocycles. The predicted octanol–water partition coefficient (Wildman–Crippen LogP) is 21.6. The fourth-order valence-electron chi connectivity index (χ4n) is 9.53. The average Bonchev–Trinajstić information content (AvgIpc) is 3.38. The summed E-state index contributed by atoms with van der Waals surface area (Å²) in [7, 11) is 0. The zero-order valence-electron chi connectivity index (χ0n) is 48.5. The lowest BCUT2D eigenvalue weighted by molar-refractivity contribution is -0.167. The lowest BCUT2D eigenvalue weighted by Gasteiger charge is -2.18. The van der Waals surface area contributed by atoms with Crippen molar-refractivity contribution in [2.24, 2.45) is 0 Å². The van der Waals surface area contributed by atoms with Crippen LogP contribution >= 0.6 is 0 Å². The Morgan fingerprint density at radius 2 is 0.500 bits per heavy atom. The minimum atomic E-state index is -0.775. The molecule has 6 nitrogen and oxygen atoms in total. The number of carbonyl (C=O) groups excluding carboxylic acids is 3. The van der Waals surface area contributed by atoms with Gasteiger partial charge in [0, 0.05) is 19.3 Å². The molecule has 0 heterocycles. The molecule has 0 aromatic heterocycles. The van der Waals surface area contributed by atoms with Crippen LogP contribution in [0.25, 0.3) is 0 Å². The number of allylic oxidation sites excluding steroid dienone is 6. The number of unbranched alkanes of at least 4 members (excludes halogenated alkanes) is 42. The maximum Gasteiger partial charge on any atom is 0.306 e. The van der Waals surface area contributed by atoms with Gasteiger partial charge in [0.05, 0.1) is 0 Å². The maximum atomic E-state index is 12.9. The number of rotatable bonds is 59. The molecule has 0 spiro atoms. The molecule has 1 unspecified atom stereocenters. The van der Waals surface area contributed by atoms with E-state index in [2.05, 4.69) is 57.2 Å². The first-order valence-corrected chi connectivity index (χ1v) is 32.0. The number of hydrogen-bond acceptors (Lipinski definition) is 6. The van der Waals surface area contributed by atoms with Crippen molar-refractivity contribution in [1.82, 2.24) is 0 Å². The number of ether oxygens (including phenoxy) is 3. The second kappa shape index (κ2) is 61.2. The lowest BCUT2D eigenvalue weighted by atomic mass is 10.0. The molecule has 0 aromatic rings. The summed E-state index contributed by atoms with van der Waals surface area (Å²) in [4.78, 5) is 38.3. The molecule has 0 aromatic carbocycles. The van der Waals surface area contributed by atoms with Gasteiger partial charge in [0.2, 0.25) is 0 Å². The Morgan fingerprint density at radius 1 is 0.278 bits per heavy atom. The quantitative estimate of drug-likeness (QED) is 0.0261. The first-order valence-electron chi connectivity index (χ1n) is 32.0. The third-order valence-electron chi connectivity index (χ3n) is 14.4. The van der Waals surface area contributed by atoms with Crippen LogP contribution in [0, 0.1) is 0 Å². The van der Waals surface area contributed by atoms with E-state index >= 15 is 0 Å². The van der Waals surface area contributed by atoms with Crippen LogP contribution in [0.5, 0.6) is 0 Å². The maximum absolute atomic E-state index is 12.9. The first-order chi connectivity index (χ1) is 35.5. The van der Waals surface area contributed by atoms with E-state index in [-0.39, 0.29) is 31.1 Å². The standard InChI is InChI=1S/C66H122O6/c1-4-7-10-13-16-19-22-25-27-29-31-33-35-37-39-41-44-47-50-53-56-59-65(68)71-62-63(61-70-64(67)58-55-52-49-46-43-24-21-18-15-12-9-6-3)72-66(69)60-57-54-51-48-45-42-40-38-36-34-32-30-28-26-23-20-17-14-11-8-5-2/h18,21-22,25,29,31,63H,4-17,19-20,23-24,26-28,30,32-62H2,1-3H3/b21-18-,25-22-,31-29-. The smallest absolute Gasteiger partial charge is 0.306 e. The molecule has 0 aliphatic carbocycles. The highest BCUT2D eigenvalue weighted by atomic mass is 16.6. The number of esters is 3. The molecule has 0 aliphatic heterocycles. The normalized spacial score (nSPS) is 12.2. The third kappa shape index (κ3) is 58.5. The zero-order valence-corrected chi connectivity index (χ0v) is 48.5. The van der Waals surface area contributed by atoms with Gasteiger partial charge < -0.3 is 14.2 Å². The highest BCUT2D eigenvalue weighted by Crippen LogP contribution is 2.17. The summed E-state index contributed by atoms with van der Waals surface area (Å²) in [5, 5.41) is 0. The minimum Gasteiger partial charge on any atom is -0.462 e. The van der Waals surface area contributed by atoms with E-state index in [1.165, 1.54) is 238 Å². The summed E-state index contributed by atoms with van der Waals surface area (Å²) < 4.78 is 16.9. The van der Waals surface area contributed by atoms with Gasteiger partial charge >= 0.3 is 17.9 Å². The fraction of sp³-hybridized carbons (Fsp3) is 0.864. The first kappa shape index (κ1) is 69.6. The van der Waals surface area contributed by atoms with Gasteiger partial charge in [0.25, 0.3) is 0 Å².